The number of hydrogen-bond acceptors (Lipinski definition) is 4. The van der Waals surface area contributed by atoms with Crippen molar-refractivity contribution < 1.29 is 0 Å². The van der Waals surface area contributed by atoms with E-state index in [9.17, 15) is 0 Å². The first-order valence-corrected chi connectivity index (χ1v) is 6.40. The van der Waals surface area contributed by atoms with Gasteiger partial charge in [0, 0.05) is 25.0 Å². The van der Waals surface area contributed by atoms with Gasteiger partial charge in [0.2, 0.25) is 0 Å². The van der Waals surface area contributed by atoms with Crippen LogP contribution < -0.4 is 5.32 Å². The maximum atomic E-state index is 4.45. The fourth-order valence-electron chi connectivity index (χ4n) is 1.99. The predicted molar refractivity (Wildman–Crippen MR) is 78.9 cm³/mol. The lowest BCUT2D eigenvalue weighted by Crippen LogP contribution is -1.98. The summed E-state index contributed by atoms with van der Waals surface area (Å²) in [6, 6.07) is 11.9. The Kier molecular flexibility index (Phi) is 3.16. The Bertz CT molecular complexity index is 718. The molecule has 3 rings (SSSR count). The molecule has 0 aliphatic rings. The SMILES string of the molecule is CNc1cc(C)nc(-c2cnn(-c3ccccc3)c2)n1. The standard InChI is InChI=1S/C15H15N5/c1-11-8-14(16-2)19-15(18-11)12-9-17-20(10-12)13-6-4-3-5-7-13/h3-10H,1-2H3,(H,16,18,19). The number of anilines is 1. The van der Waals surface area contributed by atoms with E-state index in [2.05, 4.69) is 20.4 Å². The molecule has 0 fully saturated rings. The van der Waals surface area contributed by atoms with Gasteiger partial charge in [-0.3, -0.25) is 0 Å². The Morgan fingerprint density at radius 3 is 2.65 bits per heavy atom. The minimum atomic E-state index is 0.677. The molecule has 0 saturated heterocycles. The maximum Gasteiger partial charge on any atom is 0.164 e. The van der Waals surface area contributed by atoms with Crippen LogP contribution >= 0.6 is 0 Å². The Morgan fingerprint density at radius 2 is 1.90 bits per heavy atom. The molecule has 0 radical (unpaired) electrons. The molecule has 0 saturated carbocycles. The normalized spacial score (nSPS) is 10.5. The maximum absolute atomic E-state index is 4.45. The third kappa shape index (κ3) is 2.38. The predicted octanol–water partition coefficient (Wildman–Crippen LogP) is 2.68. The average Bonchev–Trinajstić information content (AvgIpc) is 2.97. The van der Waals surface area contributed by atoms with E-state index in [0.717, 1.165) is 22.8 Å². The number of nitrogens with one attached hydrogen (secondary N) is 1. The van der Waals surface area contributed by atoms with Crippen LogP contribution in [0.5, 0.6) is 0 Å². The summed E-state index contributed by atoms with van der Waals surface area (Å²) >= 11 is 0. The summed E-state index contributed by atoms with van der Waals surface area (Å²) in [5.74, 6) is 1.48. The lowest BCUT2D eigenvalue weighted by Gasteiger charge is -2.03. The van der Waals surface area contributed by atoms with Crippen LogP contribution in [0.1, 0.15) is 5.69 Å². The van der Waals surface area contributed by atoms with Crippen molar-refractivity contribution in [1.82, 2.24) is 19.7 Å². The highest BCUT2D eigenvalue weighted by molar-refractivity contribution is 5.56. The summed E-state index contributed by atoms with van der Waals surface area (Å²) in [5, 5.41) is 7.40. The molecule has 1 N–H and O–H groups in total. The van der Waals surface area contributed by atoms with Crippen molar-refractivity contribution in [2.45, 2.75) is 6.92 Å². The van der Waals surface area contributed by atoms with Crippen molar-refractivity contribution in [3.8, 4) is 17.1 Å². The van der Waals surface area contributed by atoms with Gasteiger partial charge in [-0.25, -0.2) is 14.6 Å². The molecule has 0 spiro atoms. The third-order valence-corrected chi connectivity index (χ3v) is 2.97. The fourth-order valence-corrected chi connectivity index (χ4v) is 1.99. The molecule has 0 aliphatic heterocycles. The highest BCUT2D eigenvalue weighted by Gasteiger charge is 2.08. The van der Waals surface area contributed by atoms with E-state index in [1.54, 1.807) is 6.20 Å². The summed E-state index contributed by atoms with van der Waals surface area (Å²) < 4.78 is 1.82. The van der Waals surface area contributed by atoms with Gasteiger partial charge in [-0.15, -0.1) is 0 Å². The van der Waals surface area contributed by atoms with Gasteiger partial charge in [0.1, 0.15) is 5.82 Å². The van der Waals surface area contributed by atoms with E-state index in [0.29, 0.717) is 5.82 Å². The molecule has 2 aromatic heterocycles. The second-order valence-corrected chi connectivity index (χ2v) is 4.48. The minimum absolute atomic E-state index is 0.677. The molecule has 100 valence electrons. The summed E-state index contributed by atoms with van der Waals surface area (Å²) in [5.41, 5.74) is 2.83. The monoisotopic (exact) mass is 265 g/mol. The molecule has 20 heavy (non-hydrogen) atoms. The molecule has 1 aromatic carbocycles. The average molecular weight is 265 g/mol. The minimum Gasteiger partial charge on any atom is -0.373 e. The van der Waals surface area contributed by atoms with Gasteiger partial charge in [-0.1, -0.05) is 18.2 Å². The molecule has 0 atom stereocenters. The van der Waals surface area contributed by atoms with Crippen molar-refractivity contribution in [3.63, 3.8) is 0 Å². The van der Waals surface area contributed by atoms with E-state index in [-0.39, 0.29) is 0 Å². The van der Waals surface area contributed by atoms with Gasteiger partial charge >= 0.3 is 0 Å². The van der Waals surface area contributed by atoms with Crippen LogP contribution in [0.4, 0.5) is 5.82 Å². The quantitative estimate of drug-likeness (QED) is 0.791. The van der Waals surface area contributed by atoms with E-state index in [1.165, 1.54) is 0 Å². The van der Waals surface area contributed by atoms with E-state index in [4.69, 9.17) is 0 Å². The topological polar surface area (TPSA) is 55.6 Å². The second-order valence-electron chi connectivity index (χ2n) is 4.48. The van der Waals surface area contributed by atoms with Gasteiger partial charge in [0.25, 0.3) is 0 Å². The van der Waals surface area contributed by atoms with Crippen LogP contribution in [0.25, 0.3) is 17.1 Å². The van der Waals surface area contributed by atoms with Crippen molar-refractivity contribution in [1.29, 1.82) is 0 Å². The Morgan fingerprint density at radius 1 is 1.10 bits per heavy atom. The largest absolute Gasteiger partial charge is 0.373 e. The van der Waals surface area contributed by atoms with Gasteiger partial charge in [0.15, 0.2) is 5.82 Å². The zero-order valence-corrected chi connectivity index (χ0v) is 11.4. The number of rotatable bonds is 3. The van der Waals surface area contributed by atoms with Crippen LogP contribution in [-0.2, 0) is 0 Å². The highest BCUT2D eigenvalue weighted by Crippen LogP contribution is 2.18. The molecule has 0 unspecified atom stereocenters. The molecule has 0 bridgehead atoms. The Labute approximate surface area is 117 Å². The van der Waals surface area contributed by atoms with Crippen LogP contribution in [0.15, 0.2) is 48.8 Å². The first-order valence-electron chi connectivity index (χ1n) is 6.40. The smallest absolute Gasteiger partial charge is 0.164 e. The zero-order valence-electron chi connectivity index (χ0n) is 11.4. The summed E-state index contributed by atoms with van der Waals surface area (Å²) in [4.78, 5) is 8.91. The molecule has 0 amide bonds. The first kappa shape index (κ1) is 12.3. The van der Waals surface area contributed by atoms with Gasteiger partial charge in [-0.05, 0) is 19.1 Å². The van der Waals surface area contributed by atoms with Crippen LogP contribution in [0.2, 0.25) is 0 Å². The second kappa shape index (κ2) is 5.13. The number of aromatic nitrogens is 4. The van der Waals surface area contributed by atoms with Gasteiger partial charge in [0.05, 0.1) is 17.4 Å². The molecule has 2 heterocycles. The van der Waals surface area contributed by atoms with Crippen molar-refractivity contribution in [2.24, 2.45) is 0 Å². The summed E-state index contributed by atoms with van der Waals surface area (Å²) in [6.07, 6.45) is 3.71. The number of nitrogens with zero attached hydrogens (tertiary/aromatic N) is 4. The lowest BCUT2D eigenvalue weighted by atomic mass is 10.3. The summed E-state index contributed by atoms with van der Waals surface area (Å²) in [6.45, 7) is 1.95. The molecular formula is C15H15N5. The van der Waals surface area contributed by atoms with E-state index in [1.807, 2.05) is 61.2 Å². The van der Waals surface area contributed by atoms with Crippen molar-refractivity contribution in [2.75, 3.05) is 12.4 Å². The zero-order chi connectivity index (χ0) is 13.9. The highest BCUT2D eigenvalue weighted by atomic mass is 15.3. The van der Waals surface area contributed by atoms with Crippen LogP contribution in [0.3, 0.4) is 0 Å². The fraction of sp³-hybridized carbons (Fsp3) is 0.133. The third-order valence-electron chi connectivity index (χ3n) is 2.97. The molecular weight excluding hydrogens is 250 g/mol. The molecule has 5 nitrogen and oxygen atoms in total. The number of hydrogen-bond donors (Lipinski definition) is 1. The Hall–Kier alpha value is -2.69. The molecule has 0 aliphatic carbocycles. The van der Waals surface area contributed by atoms with E-state index < -0.39 is 0 Å². The van der Waals surface area contributed by atoms with E-state index >= 15 is 0 Å². The van der Waals surface area contributed by atoms with Crippen molar-refractivity contribution >= 4 is 5.82 Å². The van der Waals surface area contributed by atoms with Crippen LogP contribution in [-0.4, -0.2) is 26.8 Å². The molecule has 5 heteroatoms. The molecule has 3 aromatic rings. The number of para-hydroxylation sites is 1. The Balaban J connectivity index is 2.00. The van der Waals surface area contributed by atoms with Gasteiger partial charge in [-0.2, -0.15) is 5.10 Å². The number of aryl methyl sites for hydroxylation is 1. The number of benzene rings is 1. The first-order chi connectivity index (χ1) is 9.76. The van der Waals surface area contributed by atoms with Gasteiger partial charge < -0.3 is 5.32 Å². The summed E-state index contributed by atoms with van der Waals surface area (Å²) in [7, 11) is 1.85. The van der Waals surface area contributed by atoms with Crippen LogP contribution in [0, 0.1) is 6.92 Å². The van der Waals surface area contributed by atoms with Crippen molar-refractivity contribution in [3.05, 3.63) is 54.5 Å². The lowest BCUT2D eigenvalue weighted by molar-refractivity contribution is 0.880.